The van der Waals surface area contributed by atoms with Gasteiger partial charge >= 0.3 is 0 Å². The Morgan fingerprint density at radius 3 is 3.00 bits per heavy atom. The third-order valence-corrected chi connectivity index (χ3v) is 3.50. The van der Waals surface area contributed by atoms with Crippen LogP contribution in [0.4, 0.5) is 0 Å². The zero-order valence-electron chi connectivity index (χ0n) is 9.32. The minimum absolute atomic E-state index is 0.0471. The van der Waals surface area contributed by atoms with Gasteiger partial charge in [-0.25, -0.2) is 0 Å². The summed E-state index contributed by atoms with van der Waals surface area (Å²) in [5.41, 5.74) is 0.803. The normalized spacial score (nSPS) is 10.6. The first kappa shape index (κ1) is 11.1. The Morgan fingerprint density at radius 2 is 2.19 bits per heavy atom. The van der Waals surface area contributed by atoms with Crippen molar-refractivity contribution in [2.45, 2.75) is 19.8 Å². The van der Waals surface area contributed by atoms with Gasteiger partial charge < -0.3 is 5.32 Å². The molecule has 0 unspecified atom stereocenters. The van der Waals surface area contributed by atoms with Gasteiger partial charge in [-0.05, 0) is 12.5 Å². The lowest BCUT2D eigenvalue weighted by Gasteiger charge is -2.02. The molecule has 1 heterocycles. The maximum atomic E-state index is 11.9. The van der Waals surface area contributed by atoms with Gasteiger partial charge in [-0.1, -0.05) is 31.5 Å². The summed E-state index contributed by atoms with van der Waals surface area (Å²) in [5.74, 6) is 0.0471. The molecular weight excluding hydrogens is 218 g/mol. The Bertz CT molecular complexity index is 489. The molecule has 0 saturated carbocycles. The molecule has 0 spiro atoms. The minimum atomic E-state index is 0.0471. The highest BCUT2D eigenvalue weighted by Crippen LogP contribution is 2.25. The number of hydrogen-bond donors (Lipinski definition) is 1. The van der Waals surface area contributed by atoms with Crippen LogP contribution in [0.1, 0.15) is 30.1 Å². The van der Waals surface area contributed by atoms with Crippen LogP contribution in [0.15, 0.2) is 29.6 Å². The van der Waals surface area contributed by atoms with E-state index in [0.717, 1.165) is 30.3 Å². The zero-order chi connectivity index (χ0) is 11.4. The second-order valence-electron chi connectivity index (χ2n) is 3.75. The number of carbonyl (C=O) groups excluding carboxylic acids is 1. The quantitative estimate of drug-likeness (QED) is 0.805. The van der Waals surface area contributed by atoms with E-state index in [2.05, 4.69) is 12.2 Å². The van der Waals surface area contributed by atoms with Crippen LogP contribution in [0.5, 0.6) is 0 Å². The first-order chi connectivity index (χ1) is 7.83. The summed E-state index contributed by atoms with van der Waals surface area (Å²) in [4.78, 5) is 11.9. The van der Waals surface area contributed by atoms with Crippen LogP contribution in [0.25, 0.3) is 10.1 Å². The third-order valence-electron chi connectivity index (χ3n) is 2.54. The lowest BCUT2D eigenvalue weighted by Crippen LogP contribution is -2.23. The molecule has 0 aliphatic carbocycles. The maximum Gasteiger partial charge on any atom is 0.252 e. The Hall–Kier alpha value is -1.35. The van der Waals surface area contributed by atoms with Crippen molar-refractivity contribution in [1.29, 1.82) is 0 Å². The van der Waals surface area contributed by atoms with Gasteiger partial charge in [0.1, 0.15) is 0 Å². The summed E-state index contributed by atoms with van der Waals surface area (Å²) >= 11 is 1.62. The fourth-order valence-electron chi connectivity index (χ4n) is 1.63. The van der Waals surface area contributed by atoms with Crippen LogP contribution in [0.3, 0.4) is 0 Å². The average molecular weight is 233 g/mol. The number of nitrogens with one attached hydrogen (secondary N) is 1. The molecule has 16 heavy (non-hydrogen) atoms. The molecule has 1 aromatic heterocycles. The van der Waals surface area contributed by atoms with Gasteiger partial charge in [0.2, 0.25) is 0 Å². The Labute approximate surface area is 99.3 Å². The molecule has 0 atom stereocenters. The van der Waals surface area contributed by atoms with Crippen molar-refractivity contribution in [3.63, 3.8) is 0 Å². The summed E-state index contributed by atoms with van der Waals surface area (Å²) in [7, 11) is 0. The predicted octanol–water partition coefficient (Wildman–Crippen LogP) is 3.43. The van der Waals surface area contributed by atoms with Crippen molar-refractivity contribution in [3.8, 4) is 0 Å². The van der Waals surface area contributed by atoms with Gasteiger partial charge in [-0.3, -0.25) is 4.79 Å². The van der Waals surface area contributed by atoms with Crippen LogP contribution in [0, 0.1) is 0 Å². The van der Waals surface area contributed by atoms with Crippen molar-refractivity contribution in [2.24, 2.45) is 0 Å². The molecule has 3 heteroatoms. The molecule has 2 aromatic rings. The molecular formula is C13H15NOS. The number of thiophene rings is 1. The van der Waals surface area contributed by atoms with E-state index in [0.29, 0.717) is 0 Å². The highest BCUT2D eigenvalue weighted by molar-refractivity contribution is 7.17. The monoisotopic (exact) mass is 233 g/mol. The van der Waals surface area contributed by atoms with Gasteiger partial charge in [-0.15, -0.1) is 11.3 Å². The fraction of sp³-hybridized carbons (Fsp3) is 0.308. The lowest BCUT2D eigenvalue weighted by atomic mass is 10.1. The van der Waals surface area contributed by atoms with E-state index < -0.39 is 0 Å². The summed E-state index contributed by atoms with van der Waals surface area (Å²) < 4.78 is 1.17. The molecule has 2 rings (SSSR count). The molecule has 0 bridgehead atoms. The zero-order valence-corrected chi connectivity index (χ0v) is 10.1. The van der Waals surface area contributed by atoms with Crippen molar-refractivity contribution in [3.05, 3.63) is 35.2 Å². The van der Waals surface area contributed by atoms with Crippen LogP contribution in [0.2, 0.25) is 0 Å². The van der Waals surface area contributed by atoms with Gasteiger partial charge in [0.25, 0.3) is 5.91 Å². The molecule has 0 aliphatic heterocycles. The number of unbranched alkanes of at least 4 members (excludes halogenated alkanes) is 1. The van der Waals surface area contributed by atoms with E-state index in [1.54, 1.807) is 11.3 Å². The molecule has 1 aromatic carbocycles. The molecule has 2 nitrogen and oxygen atoms in total. The Kier molecular flexibility index (Phi) is 3.57. The summed E-state index contributed by atoms with van der Waals surface area (Å²) in [6.45, 7) is 2.88. The van der Waals surface area contributed by atoms with Crippen molar-refractivity contribution < 1.29 is 4.79 Å². The number of rotatable bonds is 4. The van der Waals surface area contributed by atoms with Gasteiger partial charge in [0.05, 0.1) is 5.56 Å². The van der Waals surface area contributed by atoms with Crippen LogP contribution in [-0.4, -0.2) is 12.5 Å². The summed E-state index contributed by atoms with van der Waals surface area (Å²) in [6.07, 6.45) is 2.14. The molecule has 1 N–H and O–H groups in total. The number of fused-ring (bicyclic) bond motifs is 1. The van der Waals surface area contributed by atoms with Gasteiger partial charge in [-0.2, -0.15) is 0 Å². The number of amides is 1. The van der Waals surface area contributed by atoms with E-state index >= 15 is 0 Å². The van der Waals surface area contributed by atoms with Crippen LogP contribution < -0.4 is 5.32 Å². The molecule has 0 aliphatic rings. The lowest BCUT2D eigenvalue weighted by molar-refractivity contribution is 0.0955. The second-order valence-corrected chi connectivity index (χ2v) is 4.67. The van der Waals surface area contributed by atoms with Gasteiger partial charge in [0.15, 0.2) is 0 Å². The maximum absolute atomic E-state index is 11.9. The second kappa shape index (κ2) is 5.12. The number of carbonyl (C=O) groups is 1. The van der Waals surface area contributed by atoms with Crippen molar-refractivity contribution in [1.82, 2.24) is 5.32 Å². The Balaban J connectivity index is 2.17. The first-order valence-electron chi connectivity index (χ1n) is 5.57. The molecule has 84 valence electrons. The van der Waals surface area contributed by atoms with Crippen LogP contribution in [-0.2, 0) is 0 Å². The predicted molar refractivity (Wildman–Crippen MR) is 69.1 cm³/mol. The number of benzene rings is 1. The van der Waals surface area contributed by atoms with E-state index in [1.165, 1.54) is 4.70 Å². The smallest absolute Gasteiger partial charge is 0.252 e. The molecule has 1 amide bonds. The largest absolute Gasteiger partial charge is 0.352 e. The van der Waals surface area contributed by atoms with E-state index in [4.69, 9.17) is 0 Å². The summed E-state index contributed by atoms with van der Waals surface area (Å²) in [6, 6.07) is 8.01. The minimum Gasteiger partial charge on any atom is -0.352 e. The average Bonchev–Trinajstić information content (AvgIpc) is 2.73. The van der Waals surface area contributed by atoms with Gasteiger partial charge in [0, 0.05) is 22.0 Å². The van der Waals surface area contributed by atoms with Crippen LogP contribution >= 0.6 is 11.3 Å². The topological polar surface area (TPSA) is 29.1 Å². The highest BCUT2D eigenvalue weighted by atomic mass is 32.1. The van der Waals surface area contributed by atoms with Crippen molar-refractivity contribution in [2.75, 3.05) is 6.54 Å². The molecule has 0 fully saturated rings. The number of hydrogen-bond acceptors (Lipinski definition) is 2. The Morgan fingerprint density at radius 1 is 1.38 bits per heavy atom. The fourth-order valence-corrected chi connectivity index (χ4v) is 2.57. The van der Waals surface area contributed by atoms with E-state index in [-0.39, 0.29) is 5.91 Å². The third kappa shape index (κ3) is 2.25. The molecule has 0 radical (unpaired) electrons. The molecule has 0 saturated heterocycles. The van der Waals surface area contributed by atoms with E-state index in [9.17, 15) is 4.79 Å². The summed E-state index contributed by atoms with van der Waals surface area (Å²) in [5, 5.41) is 5.94. The standard InChI is InChI=1S/C13H15NOS/c1-2-3-8-14-13(15)11-9-16-12-7-5-4-6-10(11)12/h4-7,9H,2-3,8H2,1H3,(H,14,15). The highest BCUT2D eigenvalue weighted by Gasteiger charge is 2.10. The first-order valence-corrected chi connectivity index (χ1v) is 6.45. The van der Waals surface area contributed by atoms with E-state index in [1.807, 2.05) is 29.6 Å². The SMILES string of the molecule is CCCCNC(=O)c1csc2ccccc12. The van der Waals surface area contributed by atoms with Crippen molar-refractivity contribution >= 4 is 27.3 Å².